The van der Waals surface area contributed by atoms with Crippen molar-refractivity contribution in [2.75, 3.05) is 5.75 Å². The Labute approximate surface area is 93.2 Å². The van der Waals surface area contributed by atoms with E-state index in [1.807, 2.05) is 26.0 Å². The van der Waals surface area contributed by atoms with E-state index in [-0.39, 0.29) is 5.57 Å². The SMILES string of the molecule is C=C(CSc1cc(C)cc(C)n1)C(=O)O. The van der Waals surface area contributed by atoms with Crippen LogP contribution in [0.4, 0.5) is 0 Å². The molecule has 1 heterocycles. The first-order valence-electron chi connectivity index (χ1n) is 4.48. The van der Waals surface area contributed by atoms with E-state index in [1.165, 1.54) is 11.8 Å². The van der Waals surface area contributed by atoms with Crippen LogP contribution in [-0.2, 0) is 4.79 Å². The monoisotopic (exact) mass is 223 g/mol. The van der Waals surface area contributed by atoms with Gasteiger partial charge in [0.2, 0.25) is 0 Å². The highest BCUT2D eigenvalue weighted by molar-refractivity contribution is 7.99. The van der Waals surface area contributed by atoms with Gasteiger partial charge in [0.15, 0.2) is 0 Å². The van der Waals surface area contributed by atoms with Gasteiger partial charge in [-0.05, 0) is 31.5 Å². The van der Waals surface area contributed by atoms with Crippen LogP contribution in [-0.4, -0.2) is 21.8 Å². The highest BCUT2D eigenvalue weighted by atomic mass is 32.2. The Morgan fingerprint density at radius 3 is 2.73 bits per heavy atom. The summed E-state index contributed by atoms with van der Waals surface area (Å²) < 4.78 is 0. The van der Waals surface area contributed by atoms with E-state index >= 15 is 0 Å². The quantitative estimate of drug-likeness (QED) is 0.629. The van der Waals surface area contributed by atoms with Crippen molar-refractivity contribution in [3.05, 3.63) is 35.5 Å². The number of aryl methyl sites for hydroxylation is 2. The molecule has 0 spiro atoms. The van der Waals surface area contributed by atoms with E-state index in [4.69, 9.17) is 5.11 Å². The number of hydrogen-bond donors (Lipinski definition) is 1. The Bertz CT molecular complexity index is 381. The molecule has 3 nitrogen and oxygen atoms in total. The Hall–Kier alpha value is -1.29. The second-order valence-corrected chi connectivity index (χ2v) is 4.32. The minimum absolute atomic E-state index is 0.195. The average Bonchev–Trinajstić information content (AvgIpc) is 2.12. The number of carboxylic acid groups (broad SMARTS) is 1. The van der Waals surface area contributed by atoms with Gasteiger partial charge in [-0.3, -0.25) is 0 Å². The largest absolute Gasteiger partial charge is 0.478 e. The van der Waals surface area contributed by atoms with Crippen LogP contribution >= 0.6 is 11.8 Å². The maximum Gasteiger partial charge on any atom is 0.331 e. The van der Waals surface area contributed by atoms with Crippen molar-refractivity contribution < 1.29 is 9.90 Å². The zero-order valence-electron chi connectivity index (χ0n) is 8.78. The van der Waals surface area contributed by atoms with E-state index in [9.17, 15) is 4.79 Å². The van der Waals surface area contributed by atoms with Crippen LogP contribution < -0.4 is 0 Å². The second kappa shape index (κ2) is 4.98. The summed E-state index contributed by atoms with van der Waals surface area (Å²) >= 11 is 1.39. The molecule has 1 aromatic rings. The molecule has 0 unspecified atom stereocenters. The Balaban J connectivity index is 2.65. The predicted octanol–water partition coefficient (Wildman–Crippen LogP) is 2.43. The van der Waals surface area contributed by atoms with Gasteiger partial charge in [-0.25, -0.2) is 9.78 Å². The molecule has 0 aliphatic carbocycles. The number of hydrogen-bond acceptors (Lipinski definition) is 3. The summed E-state index contributed by atoms with van der Waals surface area (Å²) in [6.45, 7) is 7.38. The summed E-state index contributed by atoms with van der Waals surface area (Å²) in [6, 6.07) is 3.92. The van der Waals surface area contributed by atoms with Gasteiger partial charge >= 0.3 is 5.97 Å². The van der Waals surface area contributed by atoms with Crippen molar-refractivity contribution in [1.82, 2.24) is 4.98 Å². The Morgan fingerprint density at radius 1 is 1.53 bits per heavy atom. The summed E-state index contributed by atoms with van der Waals surface area (Å²) in [5.41, 5.74) is 2.27. The maximum absolute atomic E-state index is 10.5. The molecule has 0 saturated heterocycles. The molecule has 0 fully saturated rings. The van der Waals surface area contributed by atoms with Gasteiger partial charge in [-0.1, -0.05) is 6.58 Å². The average molecular weight is 223 g/mol. The van der Waals surface area contributed by atoms with Crippen molar-refractivity contribution in [2.24, 2.45) is 0 Å². The minimum atomic E-state index is -0.952. The molecule has 0 aliphatic heterocycles. The Morgan fingerprint density at radius 2 is 2.20 bits per heavy atom. The zero-order chi connectivity index (χ0) is 11.4. The van der Waals surface area contributed by atoms with E-state index in [0.717, 1.165) is 16.3 Å². The van der Waals surface area contributed by atoms with Gasteiger partial charge in [0.25, 0.3) is 0 Å². The fourth-order valence-corrected chi connectivity index (χ4v) is 2.02. The first-order valence-corrected chi connectivity index (χ1v) is 5.47. The summed E-state index contributed by atoms with van der Waals surface area (Å²) in [4.78, 5) is 14.8. The summed E-state index contributed by atoms with van der Waals surface area (Å²) in [5, 5.41) is 9.48. The van der Waals surface area contributed by atoms with Gasteiger partial charge < -0.3 is 5.11 Å². The standard InChI is InChI=1S/C11H13NO2S/c1-7-4-9(3)12-10(5-7)15-6-8(2)11(13)14/h4-5H,2,6H2,1,3H3,(H,13,14). The minimum Gasteiger partial charge on any atom is -0.478 e. The van der Waals surface area contributed by atoms with Gasteiger partial charge in [0.05, 0.1) is 5.03 Å². The van der Waals surface area contributed by atoms with Crippen LogP contribution in [0.1, 0.15) is 11.3 Å². The first kappa shape index (κ1) is 11.8. The van der Waals surface area contributed by atoms with Crippen LogP contribution in [0.2, 0.25) is 0 Å². The molecule has 0 amide bonds. The molecule has 1 rings (SSSR count). The molecule has 0 atom stereocenters. The van der Waals surface area contributed by atoms with Crippen LogP contribution in [0, 0.1) is 13.8 Å². The smallest absolute Gasteiger partial charge is 0.331 e. The van der Waals surface area contributed by atoms with Crippen molar-refractivity contribution in [2.45, 2.75) is 18.9 Å². The lowest BCUT2D eigenvalue weighted by Gasteiger charge is -2.03. The van der Waals surface area contributed by atoms with Gasteiger partial charge in [0.1, 0.15) is 0 Å². The Kier molecular flexibility index (Phi) is 3.91. The third-order valence-corrected chi connectivity index (χ3v) is 2.77. The molecular weight excluding hydrogens is 210 g/mol. The number of aromatic nitrogens is 1. The molecule has 1 N–H and O–H groups in total. The van der Waals surface area contributed by atoms with Crippen LogP contribution in [0.3, 0.4) is 0 Å². The lowest BCUT2D eigenvalue weighted by atomic mass is 10.3. The maximum atomic E-state index is 10.5. The van der Waals surface area contributed by atoms with Crippen molar-refractivity contribution in [1.29, 1.82) is 0 Å². The van der Waals surface area contributed by atoms with E-state index in [0.29, 0.717) is 5.75 Å². The molecule has 0 bridgehead atoms. The number of nitrogens with zero attached hydrogens (tertiary/aromatic N) is 1. The molecule has 0 saturated carbocycles. The highest BCUT2D eigenvalue weighted by Crippen LogP contribution is 2.19. The van der Waals surface area contributed by atoms with Crippen LogP contribution in [0.15, 0.2) is 29.3 Å². The van der Waals surface area contributed by atoms with Crippen LogP contribution in [0.5, 0.6) is 0 Å². The van der Waals surface area contributed by atoms with Crippen molar-refractivity contribution >= 4 is 17.7 Å². The van der Waals surface area contributed by atoms with E-state index < -0.39 is 5.97 Å². The second-order valence-electron chi connectivity index (χ2n) is 3.32. The normalized spacial score (nSPS) is 10.0. The fraction of sp³-hybridized carbons (Fsp3) is 0.273. The molecule has 15 heavy (non-hydrogen) atoms. The number of carboxylic acids is 1. The molecule has 0 aromatic carbocycles. The highest BCUT2D eigenvalue weighted by Gasteiger charge is 2.05. The number of thioether (sulfide) groups is 1. The summed E-state index contributed by atoms with van der Waals surface area (Å²) in [6.07, 6.45) is 0. The fourth-order valence-electron chi connectivity index (χ4n) is 1.10. The van der Waals surface area contributed by atoms with Gasteiger partial charge in [-0.2, -0.15) is 0 Å². The number of rotatable bonds is 4. The number of aliphatic carboxylic acids is 1. The first-order chi connectivity index (χ1) is 6.99. The number of carbonyl (C=O) groups is 1. The third-order valence-electron chi connectivity index (χ3n) is 1.77. The van der Waals surface area contributed by atoms with Gasteiger partial charge in [0, 0.05) is 17.0 Å². The van der Waals surface area contributed by atoms with Gasteiger partial charge in [-0.15, -0.1) is 11.8 Å². The zero-order valence-corrected chi connectivity index (χ0v) is 9.60. The van der Waals surface area contributed by atoms with Crippen molar-refractivity contribution in [3.63, 3.8) is 0 Å². The molecular formula is C11H13NO2S. The van der Waals surface area contributed by atoms with Crippen LogP contribution in [0.25, 0.3) is 0 Å². The molecule has 80 valence electrons. The molecule has 4 heteroatoms. The third kappa shape index (κ3) is 3.75. The lowest BCUT2D eigenvalue weighted by Crippen LogP contribution is -2.01. The summed E-state index contributed by atoms with van der Waals surface area (Å²) in [7, 11) is 0. The molecule has 0 aliphatic rings. The lowest BCUT2D eigenvalue weighted by molar-refractivity contribution is -0.132. The van der Waals surface area contributed by atoms with E-state index in [2.05, 4.69) is 11.6 Å². The molecule has 1 aromatic heterocycles. The van der Waals surface area contributed by atoms with E-state index in [1.54, 1.807) is 0 Å². The summed E-state index contributed by atoms with van der Waals surface area (Å²) in [5.74, 6) is -0.586. The number of pyridine rings is 1. The molecule has 0 radical (unpaired) electrons. The topological polar surface area (TPSA) is 50.2 Å². The van der Waals surface area contributed by atoms with Crippen molar-refractivity contribution in [3.8, 4) is 0 Å². The predicted molar refractivity (Wildman–Crippen MR) is 61.2 cm³/mol.